The molecule has 0 aromatic heterocycles. The van der Waals surface area contributed by atoms with Crippen molar-refractivity contribution in [3.63, 3.8) is 0 Å². The molecule has 0 spiro atoms. The van der Waals surface area contributed by atoms with E-state index in [9.17, 15) is 12.8 Å². The first-order valence-corrected chi connectivity index (χ1v) is 8.38. The number of thiocarbonyl (C=S) groups is 1. The summed E-state index contributed by atoms with van der Waals surface area (Å²) in [6.07, 6.45) is 4.39. The summed E-state index contributed by atoms with van der Waals surface area (Å²) in [5.74, 6) is -0.229. The molecule has 1 aromatic rings. The molecule has 0 aliphatic heterocycles. The zero-order chi connectivity index (χ0) is 14.8. The van der Waals surface area contributed by atoms with Gasteiger partial charge in [0.1, 0.15) is 10.8 Å². The lowest BCUT2D eigenvalue weighted by molar-refractivity contribution is 0.519. The Hall–Kier alpha value is -1.05. The molecule has 0 heterocycles. The number of nitrogens with two attached hydrogens (primary N) is 1. The zero-order valence-electron chi connectivity index (χ0n) is 10.9. The highest BCUT2D eigenvalue weighted by molar-refractivity contribution is 7.89. The minimum absolute atomic E-state index is 0.0142. The van der Waals surface area contributed by atoms with Crippen molar-refractivity contribution in [1.82, 2.24) is 4.72 Å². The third kappa shape index (κ3) is 3.53. The first kappa shape index (κ1) is 15.3. The van der Waals surface area contributed by atoms with Crippen LogP contribution in [0.2, 0.25) is 0 Å². The predicted octanol–water partition coefficient (Wildman–Crippen LogP) is 1.93. The normalized spacial score (nSPS) is 16.4. The van der Waals surface area contributed by atoms with Crippen LogP contribution in [-0.2, 0) is 10.0 Å². The van der Waals surface area contributed by atoms with E-state index in [4.69, 9.17) is 18.0 Å². The van der Waals surface area contributed by atoms with Crippen LogP contribution >= 0.6 is 12.2 Å². The van der Waals surface area contributed by atoms with Gasteiger partial charge in [-0.1, -0.05) is 25.1 Å². The topological polar surface area (TPSA) is 72.2 Å². The van der Waals surface area contributed by atoms with Crippen LogP contribution in [0.15, 0.2) is 23.1 Å². The number of nitrogens with one attached hydrogen (secondary N) is 1. The first-order chi connectivity index (χ1) is 9.40. The number of sulfonamides is 1. The molecular formula is C13H17FN2O2S2. The first-order valence-electron chi connectivity index (χ1n) is 6.49. The van der Waals surface area contributed by atoms with Gasteiger partial charge in [-0.3, -0.25) is 0 Å². The number of benzene rings is 1. The Morgan fingerprint density at radius 2 is 2.05 bits per heavy atom. The largest absolute Gasteiger partial charge is 0.389 e. The van der Waals surface area contributed by atoms with Crippen LogP contribution in [0, 0.1) is 11.7 Å². The van der Waals surface area contributed by atoms with Crippen molar-refractivity contribution in [2.24, 2.45) is 11.7 Å². The summed E-state index contributed by atoms with van der Waals surface area (Å²) in [6, 6.07) is 3.46. The van der Waals surface area contributed by atoms with E-state index in [1.165, 1.54) is 12.1 Å². The van der Waals surface area contributed by atoms with Crippen LogP contribution in [0.3, 0.4) is 0 Å². The number of hydrogen-bond acceptors (Lipinski definition) is 3. The van der Waals surface area contributed by atoms with Crippen LogP contribution in [0.1, 0.15) is 31.2 Å². The van der Waals surface area contributed by atoms with Gasteiger partial charge in [0.25, 0.3) is 0 Å². The van der Waals surface area contributed by atoms with Gasteiger partial charge in [0.2, 0.25) is 10.0 Å². The molecule has 0 radical (unpaired) electrons. The smallest absolute Gasteiger partial charge is 0.240 e. The van der Waals surface area contributed by atoms with E-state index >= 15 is 0 Å². The van der Waals surface area contributed by atoms with Crippen molar-refractivity contribution in [2.75, 3.05) is 6.54 Å². The molecule has 7 heteroatoms. The summed E-state index contributed by atoms with van der Waals surface area (Å²) in [7, 11) is -3.65. The highest BCUT2D eigenvalue weighted by Crippen LogP contribution is 2.24. The Kier molecular flexibility index (Phi) is 4.72. The monoisotopic (exact) mass is 316 g/mol. The quantitative estimate of drug-likeness (QED) is 0.814. The molecule has 0 unspecified atom stereocenters. The van der Waals surface area contributed by atoms with Crippen LogP contribution in [0.25, 0.3) is 0 Å². The number of hydrogen-bond donors (Lipinski definition) is 2. The summed E-state index contributed by atoms with van der Waals surface area (Å²) in [5, 5.41) is 0. The molecular weight excluding hydrogens is 299 g/mol. The van der Waals surface area contributed by atoms with Gasteiger partial charge in [-0.15, -0.1) is 0 Å². The molecule has 0 amide bonds. The van der Waals surface area contributed by atoms with Crippen LogP contribution in [0.5, 0.6) is 0 Å². The molecule has 110 valence electrons. The van der Waals surface area contributed by atoms with Gasteiger partial charge >= 0.3 is 0 Å². The Morgan fingerprint density at radius 3 is 2.65 bits per heavy atom. The van der Waals surface area contributed by atoms with Crippen molar-refractivity contribution in [3.8, 4) is 0 Å². The minimum atomic E-state index is -3.65. The molecule has 1 aliphatic carbocycles. The molecule has 0 bridgehead atoms. The average Bonchev–Trinajstić information content (AvgIpc) is 2.89. The molecule has 1 aliphatic rings. The van der Waals surface area contributed by atoms with Gasteiger partial charge in [-0.25, -0.2) is 17.5 Å². The maximum atomic E-state index is 13.5. The van der Waals surface area contributed by atoms with Crippen LogP contribution in [-0.4, -0.2) is 20.0 Å². The second-order valence-corrected chi connectivity index (χ2v) is 7.22. The van der Waals surface area contributed by atoms with Gasteiger partial charge in [-0.05, 0) is 37.0 Å². The number of rotatable bonds is 5. The lowest BCUT2D eigenvalue weighted by atomic mass is 10.1. The molecule has 4 nitrogen and oxygen atoms in total. The molecule has 1 saturated carbocycles. The van der Waals surface area contributed by atoms with Crippen LogP contribution in [0.4, 0.5) is 4.39 Å². The number of halogens is 1. The third-order valence-electron chi connectivity index (χ3n) is 3.55. The summed E-state index contributed by atoms with van der Waals surface area (Å²) in [5.41, 5.74) is 5.32. The lowest BCUT2D eigenvalue weighted by Gasteiger charge is -2.12. The van der Waals surface area contributed by atoms with Gasteiger partial charge in [0.15, 0.2) is 0 Å². The van der Waals surface area contributed by atoms with E-state index in [2.05, 4.69) is 4.72 Å². The van der Waals surface area contributed by atoms with Crippen molar-refractivity contribution >= 4 is 27.2 Å². The Balaban J connectivity index is 2.16. The second-order valence-electron chi connectivity index (χ2n) is 5.01. The van der Waals surface area contributed by atoms with E-state index in [1.54, 1.807) is 0 Å². The maximum Gasteiger partial charge on any atom is 0.240 e. The van der Waals surface area contributed by atoms with Crippen molar-refractivity contribution in [2.45, 2.75) is 30.6 Å². The fourth-order valence-electron chi connectivity index (χ4n) is 2.39. The molecule has 0 atom stereocenters. The standard InChI is InChI=1S/C13H17FN2O2S2/c14-12-6-5-10(7-11(12)13(15)19)20(17,18)16-8-9-3-1-2-4-9/h5-7,9,16H,1-4,8H2,(H2,15,19). The second kappa shape index (κ2) is 6.15. The fourth-order valence-corrected chi connectivity index (χ4v) is 3.68. The maximum absolute atomic E-state index is 13.5. The van der Waals surface area contributed by atoms with Gasteiger partial charge in [0.05, 0.1) is 4.90 Å². The summed E-state index contributed by atoms with van der Waals surface area (Å²) >= 11 is 4.71. The molecule has 1 aromatic carbocycles. The van der Waals surface area contributed by atoms with Gasteiger partial charge in [-0.2, -0.15) is 0 Å². The van der Waals surface area contributed by atoms with E-state index in [0.717, 1.165) is 31.7 Å². The van der Waals surface area contributed by atoms with Crippen molar-refractivity contribution in [3.05, 3.63) is 29.6 Å². The molecule has 20 heavy (non-hydrogen) atoms. The molecule has 1 fully saturated rings. The summed E-state index contributed by atoms with van der Waals surface area (Å²) < 4.78 is 40.3. The molecule has 0 saturated heterocycles. The molecule has 3 N–H and O–H groups in total. The highest BCUT2D eigenvalue weighted by atomic mass is 32.2. The van der Waals surface area contributed by atoms with Crippen molar-refractivity contribution in [1.29, 1.82) is 0 Å². The molecule has 2 rings (SSSR count). The zero-order valence-corrected chi connectivity index (χ0v) is 12.6. The van der Waals surface area contributed by atoms with E-state index < -0.39 is 15.8 Å². The highest BCUT2D eigenvalue weighted by Gasteiger charge is 2.21. The van der Waals surface area contributed by atoms with E-state index in [0.29, 0.717) is 12.5 Å². The Morgan fingerprint density at radius 1 is 1.40 bits per heavy atom. The summed E-state index contributed by atoms with van der Waals surface area (Å²) in [6.45, 7) is 0.419. The van der Waals surface area contributed by atoms with Crippen LogP contribution < -0.4 is 10.5 Å². The fraction of sp³-hybridized carbons (Fsp3) is 0.462. The van der Waals surface area contributed by atoms with Gasteiger partial charge in [0, 0.05) is 12.1 Å². The van der Waals surface area contributed by atoms with Crippen molar-refractivity contribution < 1.29 is 12.8 Å². The third-order valence-corrected chi connectivity index (χ3v) is 5.19. The average molecular weight is 316 g/mol. The van der Waals surface area contributed by atoms with E-state index in [-0.39, 0.29) is 15.4 Å². The minimum Gasteiger partial charge on any atom is -0.389 e. The van der Waals surface area contributed by atoms with E-state index in [1.807, 2.05) is 0 Å². The Labute approximate surface area is 123 Å². The SMILES string of the molecule is NC(=S)c1cc(S(=O)(=O)NCC2CCCC2)ccc1F. The Bertz CT molecular complexity index is 611. The summed E-state index contributed by atoms with van der Waals surface area (Å²) in [4.78, 5) is -0.171. The van der Waals surface area contributed by atoms with Gasteiger partial charge < -0.3 is 5.73 Å². The lowest BCUT2D eigenvalue weighted by Crippen LogP contribution is -2.29. The predicted molar refractivity (Wildman–Crippen MR) is 79.4 cm³/mol.